The summed E-state index contributed by atoms with van der Waals surface area (Å²) in [6.45, 7) is -0.580. The zero-order valence-corrected chi connectivity index (χ0v) is 17.7. The largest absolute Gasteiger partial charge is 0.417 e. The first kappa shape index (κ1) is 25.5. The maximum absolute atomic E-state index is 13.3. The van der Waals surface area contributed by atoms with Gasteiger partial charge in [0.1, 0.15) is 23.8 Å². The third-order valence-electron chi connectivity index (χ3n) is 5.29. The molecule has 1 aliphatic heterocycles. The Morgan fingerprint density at radius 2 is 1.83 bits per heavy atom. The summed E-state index contributed by atoms with van der Waals surface area (Å²) < 4.78 is 85.0. The Hall–Kier alpha value is -3.54. The highest BCUT2D eigenvalue weighted by molar-refractivity contribution is 5.84. The molecule has 1 unspecified atom stereocenters. The molecule has 36 heavy (non-hydrogen) atoms. The van der Waals surface area contributed by atoms with Crippen LogP contribution in [0.15, 0.2) is 29.6 Å². The van der Waals surface area contributed by atoms with Gasteiger partial charge in [-0.1, -0.05) is 6.07 Å². The number of hydrogen-bond acceptors (Lipinski definition) is 10. The van der Waals surface area contributed by atoms with Gasteiger partial charge in [-0.25, -0.2) is 10.4 Å². The number of fused-ring (bicyclic) bond motifs is 1. The summed E-state index contributed by atoms with van der Waals surface area (Å²) in [5.74, 6) is -0.515. The zero-order chi connectivity index (χ0) is 26.4. The van der Waals surface area contributed by atoms with Gasteiger partial charge < -0.3 is 25.8 Å². The molecule has 1 aromatic carbocycles. The van der Waals surface area contributed by atoms with E-state index in [-0.39, 0.29) is 29.0 Å². The van der Waals surface area contributed by atoms with Crippen molar-refractivity contribution in [2.45, 2.75) is 36.9 Å². The highest BCUT2D eigenvalue weighted by Crippen LogP contribution is 2.37. The lowest BCUT2D eigenvalue weighted by atomic mass is 10.0. The number of nitrogens with two attached hydrogens (primary N) is 1. The molecule has 11 nitrogen and oxygen atoms in total. The summed E-state index contributed by atoms with van der Waals surface area (Å²) in [5.41, 5.74) is 4.44. The van der Waals surface area contributed by atoms with E-state index < -0.39 is 60.2 Å². The molecule has 1 fully saturated rings. The monoisotopic (exact) mass is 521 g/mol. The minimum absolute atomic E-state index is 0.0134. The van der Waals surface area contributed by atoms with Crippen LogP contribution in [-0.4, -0.2) is 66.0 Å². The van der Waals surface area contributed by atoms with Gasteiger partial charge >= 0.3 is 12.4 Å². The molecule has 0 bridgehead atoms. The van der Waals surface area contributed by atoms with Crippen molar-refractivity contribution in [3.63, 3.8) is 0 Å². The molecule has 4 rings (SSSR count). The van der Waals surface area contributed by atoms with E-state index in [0.717, 1.165) is 0 Å². The number of benzene rings is 1. The Balaban J connectivity index is 1.63. The van der Waals surface area contributed by atoms with E-state index in [2.05, 4.69) is 25.5 Å². The molecule has 0 aliphatic carbocycles. The number of rotatable bonds is 5. The summed E-state index contributed by atoms with van der Waals surface area (Å²) in [5, 5.41) is 33.1. The molecule has 4 atom stereocenters. The van der Waals surface area contributed by atoms with E-state index in [4.69, 9.17) is 10.5 Å². The standard InChI is InChI=1S/C19H17F6N7O4/c20-18(21,22)8-2-1-7(9(3-8)19(23,24)25)4-28-31-17-29-14(26)11-15(30-17)32(6-27-11)16-13(35)12(34)10(5-33)36-16/h1-4,6,10,12-13,16,33-35H,5H2,(H3,26,29,30,31)/b28-4+/t10-,12+,13?,16-/m1/s1. The van der Waals surface area contributed by atoms with Crippen molar-refractivity contribution in [1.29, 1.82) is 0 Å². The third-order valence-corrected chi connectivity index (χ3v) is 5.29. The fourth-order valence-electron chi connectivity index (χ4n) is 3.53. The minimum Gasteiger partial charge on any atom is -0.394 e. The highest BCUT2D eigenvalue weighted by atomic mass is 19.4. The first-order valence-corrected chi connectivity index (χ1v) is 10.0. The van der Waals surface area contributed by atoms with Crippen LogP contribution < -0.4 is 11.2 Å². The van der Waals surface area contributed by atoms with Gasteiger partial charge in [-0.15, -0.1) is 0 Å². The first-order valence-electron chi connectivity index (χ1n) is 10.0. The molecular formula is C19H17F6N7O4. The number of hydrogen-bond donors (Lipinski definition) is 5. The second-order valence-corrected chi connectivity index (χ2v) is 7.65. The van der Waals surface area contributed by atoms with E-state index in [9.17, 15) is 41.7 Å². The third kappa shape index (κ3) is 4.77. The minimum atomic E-state index is -5.09. The van der Waals surface area contributed by atoms with Crippen LogP contribution in [0, 0.1) is 0 Å². The maximum atomic E-state index is 13.3. The number of aliphatic hydroxyl groups is 3. The number of aromatic nitrogens is 4. The van der Waals surface area contributed by atoms with Crippen LogP contribution >= 0.6 is 0 Å². The average molecular weight is 521 g/mol. The predicted octanol–water partition coefficient (Wildman–Crippen LogP) is 1.50. The molecular weight excluding hydrogens is 504 g/mol. The van der Waals surface area contributed by atoms with Crippen LogP contribution in [0.1, 0.15) is 22.9 Å². The maximum Gasteiger partial charge on any atom is 0.417 e. The Morgan fingerprint density at radius 3 is 2.44 bits per heavy atom. The quantitative estimate of drug-likeness (QED) is 0.190. The number of imidazole rings is 1. The van der Waals surface area contributed by atoms with Crippen LogP contribution in [0.4, 0.5) is 38.1 Å². The normalized spacial score (nSPS) is 23.1. The molecule has 17 heteroatoms. The summed E-state index contributed by atoms with van der Waals surface area (Å²) in [6.07, 6.45) is -13.4. The first-order chi connectivity index (χ1) is 16.8. The van der Waals surface area contributed by atoms with Gasteiger partial charge in [-0.2, -0.15) is 41.4 Å². The smallest absolute Gasteiger partial charge is 0.394 e. The summed E-state index contributed by atoms with van der Waals surface area (Å²) in [4.78, 5) is 11.9. The summed E-state index contributed by atoms with van der Waals surface area (Å²) in [6, 6.07) is 1.07. The zero-order valence-electron chi connectivity index (χ0n) is 17.7. The van der Waals surface area contributed by atoms with Crippen molar-refractivity contribution in [1.82, 2.24) is 19.5 Å². The Morgan fingerprint density at radius 1 is 1.11 bits per heavy atom. The molecule has 6 N–H and O–H groups in total. The van der Waals surface area contributed by atoms with Crippen LogP contribution in [-0.2, 0) is 17.1 Å². The molecule has 0 amide bonds. The van der Waals surface area contributed by atoms with Crippen LogP contribution in [0.2, 0.25) is 0 Å². The van der Waals surface area contributed by atoms with Gasteiger partial charge in [-0.3, -0.25) is 4.57 Å². The van der Waals surface area contributed by atoms with E-state index in [1.54, 1.807) is 0 Å². The summed E-state index contributed by atoms with van der Waals surface area (Å²) in [7, 11) is 0. The second kappa shape index (κ2) is 9.16. The van der Waals surface area contributed by atoms with E-state index in [1.165, 1.54) is 10.9 Å². The summed E-state index contributed by atoms with van der Waals surface area (Å²) >= 11 is 0. The van der Waals surface area contributed by atoms with E-state index in [0.29, 0.717) is 18.3 Å². The molecule has 3 aromatic rings. The molecule has 3 heterocycles. The number of aliphatic hydroxyl groups excluding tert-OH is 3. The SMILES string of the molecule is Nc1nc(N/N=C/c2ccc(C(F)(F)F)cc2C(F)(F)F)nc2c1ncn2[C@@H]1O[C@H](CO)[C@H](O)C1O. The Kier molecular flexibility index (Phi) is 6.50. The number of nitrogens with zero attached hydrogens (tertiary/aromatic N) is 5. The molecule has 2 aromatic heterocycles. The van der Waals surface area contributed by atoms with Gasteiger partial charge in [0.25, 0.3) is 0 Å². The molecule has 194 valence electrons. The molecule has 1 saturated heterocycles. The van der Waals surface area contributed by atoms with E-state index in [1.807, 2.05) is 0 Å². The van der Waals surface area contributed by atoms with Crippen molar-refractivity contribution in [2.75, 3.05) is 17.8 Å². The van der Waals surface area contributed by atoms with Crippen molar-refractivity contribution in [3.05, 3.63) is 41.2 Å². The topological polar surface area (TPSA) is 164 Å². The van der Waals surface area contributed by atoms with Gasteiger partial charge in [0.05, 0.1) is 30.3 Å². The lowest BCUT2D eigenvalue weighted by molar-refractivity contribution is -0.143. The van der Waals surface area contributed by atoms with Crippen molar-refractivity contribution >= 4 is 29.1 Å². The van der Waals surface area contributed by atoms with Gasteiger partial charge in [-0.05, 0) is 12.1 Å². The number of halogens is 6. The number of alkyl halides is 6. The van der Waals surface area contributed by atoms with Crippen LogP contribution in [0.3, 0.4) is 0 Å². The molecule has 0 saturated carbocycles. The number of hydrazone groups is 1. The average Bonchev–Trinajstić information content (AvgIpc) is 3.33. The van der Waals surface area contributed by atoms with Crippen molar-refractivity contribution < 1.29 is 46.4 Å². The van der Waals surface area contributed by atoms with Crippen molar-refractivity contribution in [3.8, 4) is 0 Å². The van der Waals surface area contributed by atoms with Gasteiger partial charge in [0.2, 0.25) is 5.95 Å². The van der Waals surface area contributed by atoms with Crippen LogP contribution in [0.5, 0.6) is 0 Å². The second-order valence-electron chi connectivity index (χ2n) is 7.65. The van der Waals surface area contributed by atoms with Crippen LogP contribution in [0.25, 0.3) is 11.2 Å². The Bertz CT molecular complexity index is 1300. The van der Waals surface area contributed by atoms with E-state index >= 15 is 0 Å². The molecule has 0 spiro atoms. The molecule has 1 aliphatic rings. The Labute approximate surface area is 196 Å². The molecule has 0 radical (unpaired) electrons. The number of nitrogens with one attached hydrogen (secondary N) is 1. The lowest BCUT2D eigenvalue weighted by Crippen LogP contribution is -2.33. The number of anilines is 2. The lowest BCUT2D eigenvalue weighted by Gasteiger charge is -2.16. The highest BCUT2D eigenvalue weighted by Gasteiger charge is 2.44. The number of nitrogen functional groups attached to an aromatic ring is 1. The number of ether oxygens (including phenoxy) is 1. The van der Waals surface area contributed by atoms with Gasteiger partial charge in [0, 0.05) is 5.56 Å². The fourth-order valence-corrected chi connectivity index (χ4v) is 3.53. The van der Waals surface area contributed by atoms with Gasteiger partial charge in [0.15, 0.2) is 17.7 Å². The predicted molar refractivity (Wildman–Crippen MR) is 110 cm³/mol. The van der Waals surface area contributed by atoms with Crippen molar-refractivity contribution in [2.24, 2.45) is 5.10 Å². The fraction of sp³-hybridized carbons (Fsp3) is 0.368.